The predicted molar refractivity (Wildman–Crippen MR) is 79.6 cm³/mol. The van der Waals surface area contributed by atoms with Crippen molar-refractivity contribution in [3.8, 4) is 0 Å². The van der Waals surface area contributed by atoms with Crippen LogP contribution in [0.2, 0.25) is 0 Å². The number of carbonyl (C=O) groups excluding carboxylic acids is 1. The molecule has 1 amide bonds. The van der Waals surface area contributed by atoms with E-state index in [1.807, 2.05) is 18.4 Å². The van der Waals surface area contributed by atoms with Crippen molar-refractivity contribution in [2.45, 2.75) is 11.1 Å². The molecule has 1 N–H and O–H groups in total. The van der Waals surface area contributed by atoms with Crippen molar-refractivity contribution < 1.29 is 9.00 Å². The number of carbonyl (C=O) groups is 1. The number of thioether (sulfide) groups is 1. The first-order valence-corrected chi connectivity index (χ1v) is 9.04. The second-order valence-corrected chi connectivity index (χ2v) is 6.86. The minimum Gasteiger partial charge on any atom is -0.321 e. The molecule has 0 bridgehead atoms. The molecule has 0 spiro atoms. The molecule has 1 fully saturated rings. The molecule has 2 rings (SSSR count). The number of amides is 1. The van der Waals surface area contributed by atoms with Gasteiger partial charge in [0.15, 0.2) is 0 Å². The Hall–Kier alpha value is -0.850. The van der Waals surface area contributed by atoms with E-state index in [4.69, 9.17) is 0 Å². The minimum atomic E-state index is -0.878. The minimum absolute atomic E-state index is 0.0735. The van der Waals surface area contributed by atoms with E-state index in [0.717, 1.165) is 5.56 Å². The third-order valence-electron chi connectivity index (χ3n) is 3.13. The molecule has 0 aromatic heterocycles. The van der Waals surface area contributed by atoms with Gasteiger partial charge in [0.1, 0.15) is 6.17 Å². The highest BCUT2D eigenvalue weighted by Crippen LogP contribution is 2.24. The van der Waals surface area contributed by atoms with E-state index in [1.165, 1.54) is 4.90 Å². The molecule has 2 unspecified atom stereocenters. The van der Waals surface area contributed by atoms with E-state index in [9.17, 15) is 9.00 Å². The zero-order valence-electron chi connectivity index (χ0n) is 11.1. The molecule has 0 radical (unpaired) electrons. The van der Waals surface area contributed by atoms with Gasteiger partial charge < -0.3 is 4.90 Å². The lowest BCUT2D eigenvalue weighted by Gasteiger charge is -2.24. The average molecular weight is 298 g/mol. The second-order valence-electron chi connectivity index (χ2n) is 4.42. The van der Waals surface area contributed by atoms with Crippen LogP contribution in [-0.4, -0.2) is 46.4 Å². The highest BCUT2D eigenvalue weighted by atomic mass is 32.2. The lowest BCUT2D eigenvalue weighted by atomic mass is 10.1. The largest absolute Gasteiger partial charge is 0.321 e. The van der Waals surface area contributed by atoms with Crippen LogP contribution in [0.25, 0.3) is 0 Å². The lowest BCUT2D eigenvalue weighted by Crippen LogP contribution is -2.33. The number of benzene rings is 1. The molecule has 1 aromatic rings. The summed E-state index contributed by atoms with van der Waals surface area (Å²) in [7, 11) is -0.878. The summed E-state index contributed by atoms with van der Waals surface area (Å²) in [5, 5.41) is 3.20. The molecule has 1 saturated heterocycles. The van der Waals surface area contributed by atoms with E-state index in [1.54, 1.807) is 22.9 Å². The third-order valence-corrected chi connectivity index (χ3v) is 4.63. The van der Waals surface area contributed by atoms with Gasteiger partial charge in [-0.05, 0) is 24.0 Å². The Kier molecular flexibility index (Phi) is 5.01. The van der Waals surface area contributed by atoms with Crippen molar-refractivity contribution in [1.29, 1.82) is 0 Å². The summed E-state index contributed by atoms with van der Waals surface area (Å²) in [6.45, 7) is 0.884. The van der Waals surface area contributed by atoms with E-state index in [2.05, 4.69) is 17.4 Å². The molecule has 19 heavy (non-hydrogen) atoms. The number of hydrogen-bond donors (Lipinski definition) is 1. The Morgan fingerprint density at radius 2 is 2.11 bits per heavy atom. The van der Waals surface area contributed by atoms with Gasteiger partial charge in [-0.25, -0.2) is 0 Å². The Balaban J connectivity index is 2.12. The van der Waals surface area contributed by atoms with Crippen LogP contribution >= 0.6 is 11.8 Å². The quantitative estimate of drug-likeness (QED) is 0.830. The van der Waals surface area contributed by atoms with Crippen LogP contribution in [0.4, 0.5) is 0 Å². The van der Waals surface area contributed by atoms with Crippen molar-refractivity contribution in [1.82, 2.24) is 10.2 Å². The van der Waals surface area contributed by atoms with Gasteiger partial charge in [-0.3, -0.25) is 14.3 Å². The number of nitrogens with zero attached hydrogens (tertiary/aromatic N) is 1. The molecule has 0 aliphatic carbocycles. The number of nitrogens with one attached hydrogen (secondary N) is 1. The Morgan fingerprint density at radius 3 is 2.68 bits per heavy atom. The number of hydrogen-bond acceptors (Lipinski definition) is 4. The summed E-state index contributed by atoms with van der Waals surface area (Å²) in [6.07, 6.45) is 3.61. The van der Waals surface area contributed by atoms with Crippen molar-refractivity contribution >= 4 is 28.5 Å². The second kappa shape index (κ2) is 6.54. The van der Waals surface area contributed by atoms with Gasteiger partial charge in [-0.2, -0.15) is 0 Å². The first kappa shape index (κ1) is 14.6. The van der Waals surface area contributed by atoms with Gasteiger partial charge in [-0.15, -0.1) is 11.8 Å². The highest BCUT2D eigenvalue weighted by Gasteiger charge is 2.31. The van der Waals surface area contributed by atoms with Gasteiger partial charge in [0.05, 0.1) is 6.54 Å². The van der Waals surface area contributed by atoms with E-state index >= 15 is 0 Å². The van der Waals surface area contributed by atoms with Crippen LogP contribution in [0, 0.1) is 0 Å². The molecule has 1 heterocycles. The SMILES string of the molecule is CSc1ccc(C2NCC(=O)N2CCS(C)=O)cc1. The molecular formula is C13H18N2O2S2. The van der Waals surface area contributed by atoms with Gasteiger partial charge in [-0.1, -0.05) is 12.1 Å². The van der Waals surface area contributed by atoms with Crippen LogP contribution < -0.4 is 5.32 Å². The van der Waals surface area contributed by atoms with E-state index in [-0.39, 0.29) is 12.1 Å². The van der Waals surface area contributed by atoms with Gasteiger partial charge in [0.2, 0.25) is 5.91 Å². The summed E-state index contributed by atoms with van der Waals surface area (Å²) < 4.78 is 11.2. The molecule has 0 saturated carbocycles. The average Bonchev–Trinajstić information content (AvgIpc) is 2.78. The summed E-state index contributed by atoms with van der Waals surface area (Å²) in [5.41, 5.74) is 1.07. The summed E-state index contributed by atoms with van der Waals surface area (Å²) in [4.78, 5) is 14.8. The lowest BCUT2D eigenvalue weighted by molar-refractivity contribution is -0.127. The molecule has 6 heteroatoms. The predicted octanol–water partition coefficient (Wildman–Crippen LogP) is 1.22. The molecule has 1 aliphatic heterocycles. The standard InChI is InChI=1S/C13H18N2O2S2/c1-18-11-5-3-10(4-6-11)13-14-9-12(16)15(13)7-8-19(2)17/h3-6,13-14H,7-9H2,1-2H3. The van der Waals surface area contributed by atoms with Crippen molar-refractivity contribution in [3.05, 3.63) is 29.8 Å². The molecule has 1 aliphatic rings. The molecular weight excluding hydrogens is 280 g/mol. The first-order chi connectivity index (χ1) is 9.11. The Bertz CT molecular complexity index is 476. The maximum Gasteiger partial charge on any atom is 0.238 e. The first-order valence-electron chi connectivity index (χ1n) is 6.08. The van der Waals surface area contributed by atoms with Gasteiger partial charge in [0.25, 0.3) is 0 Å². The van der Waals surface area contributed by atoms with E-state index in [0.29, 0.717) is 18.8 Å². The van der Waals surface area contributed by atoms with E-state index < -0.39 is 10.8 Å². The normalized spacial score (nSPS) is 20.8. The summed E-state index contributed by atoms with van der Waals surface area (Å²) in [5.74, 6) is 0.594. The van der Waals surface area contributed by atoms with Gasteiger partial charge >= 0.3 is 0 Å². The molecule has 1 aromatic carbocycles. The molecule has 4 nitrogen and oxygen atoms in total. The zero-order chi connectivity index (χ0) is 13.8. The van der Waals surface area contributed by atoms with Crippen molar-refractivity contribution in [2.24, 2.45) is 0 Å². The van der Waals surface area contributed by atoms with Crippen LogP contribution in [0.15, 0.2) is 29.2 Å². The smallest absolute Gasteiger partial charge is 0.238 e. The highest BCUT2D eigenvalue weighted by molar-refractivity contribution is 7.98. The fourth-order valence-corrected chi connectivity index (χ4v) is 2.97. The van der Waals surface area contributed by atoms with Crippen molar-refractivity contribution in [2.75, 3.05) is 31.4 Å². The Morgan fingerprint density at radius 1 is 1.42 bits per heavy atom. The fraction of sp³-hybridized carbons (Fsp3) is 0.462. The zero-order valence-corrected chi connectivity index (χ0v) is 12.7. The van der Waals surface area contributed by atoms with Crippen LogP contribution in [0.3, 0.4) is 0 Å². The molecule has 2 atom stereocenters. The topological polar surface area (TPSA) is 49.4 Å². The Labute approximate surface area is 120 Å². The van der Waals surface area contributed by atoms with Crippen molar-refractivity contribution in [3.63, 3.8) is 0 Å². The molecule has 104 valence electrons. The van der Waals surface area contributed by atoms with Crippen LogP contribution in [-0.2, 0) is 15.6 Å². The summed E-state index contributed by atoms with van der Waals surface area (Å²) in [6, 6.07) is 8.19. The maximum atomic E-state index is 11.9. The fourth-order valence-electron chi connectivity index (χ4n) is 2.10. The van der Waals surface area contributed by atoms with Gasteiger partial charge in [0, 0.05) is 34.2 Å². The van der Waals surface area contributed by atoms with Crippen LogP contribution in [0.5, 0.6) is 0 Å². The summed E-state index contributed by atoms with van der Waals surface area (Å²) >= 11 is 1.69. The maximum absolute atomic E-state index is 11.9. The third kappa shape index (κ3) is 3.58. The number of rotatable bonds is 5. The monoisotopic (exact) mass is 298 g/mol. The van der Waals surface area contributed by atoms with Crippen LogP contribution in [0.1, 0.15) is 11.7 Å².